The van der Waals surface area contributed by atoms with Gasteiger partial charge in [0.1, 0.15) is 5.82 Å². The van der Waals surface area contributed by atoms with E-state index < -0.39 is 0 Å². The minimum absolute atomic E-state index is 0.292. The molecule has 4 nitrogen and oxygen atoms in total. The molecule has 16 heavy (non-hydrogen) atoms. The third kappa shape index (κ3) is 4.33. The van der Waals surface area contributed by atoms with Gasteiger partial charge in [-0.1, -0.05) is 6.92 Å². The monoisotopic (exact) mass is 225 g/mol. The standard InChI is InChI=1S/C12H23N3O/c1-3-15-8-7-14-12(15)9-13-6-4-5-11(2)10-16/h7-8,11,13,16H,3-6,9-10H2,1-2H3. The van der Waals surface area contributed by atoms with Gasteiger partial charge in [-0.05, 0) is 32.2 Å². The Morgan fingerprint density at radius 2 is 2.38 bits per heavy atom. The molecule has 0 saturated heterocycles. The van der Waals surface area contributed by atoms with Crippen LogP contribution in [0.25, 0.3) is 0 Å². The van der Waals surface area contributed by atoms with E-state index in [0.717, 1.165) is 38.3 Å². The van der Waals surface area contributed by atoms with Crippen LogP contribution in [0.15, 0.2) is 12.4 Å². The Hall–Kier alpha value is -0.870. The summed E-state index contributed by atoms with van der Waals surface area (Å²) in [6.07, 6.45) is 6.03. The van der Waals surface area contributed by atoms with Crippen LogP contribution in [-0.2, 0) is 13.1 Å². The van der Waals surface area contributed by atoms with Crippen LogP contribution in [-0.4, -0.2) is 27.8 Å². The summed E-state index contributed by atoms with van der Waals surface area (Å²) in [6.45, 7) is 7.27. The third-order valence-electron chi connectivity index (χ3n) is 2.79. The van der Waals surface area contributed by atoms with Gasteiger partial charge in [0.2, 0.25) is 0 Å². The van der Waals surface area contributed by atoms with Gasteiger partial charge in [0, 0.05) is 25.5 Å². The predicted octanol–water partition coefficient (Wildman–Crippen LogP) is 1.40. The number of hydrogen-bond acceptors (Lipinski definition) is 3. The van der Waals surface area contributed by atoms with E-state index in [9.17, 15) is 0 Å². The number of nitrogens with one attached hydrogen (secondary N) is 1. The molecule has 0 bridgehead atoms. The van der Waals surface area contributed by atoms with Crippen LogP contribution >= 0.6 is 0 Å². The Balaban J connectivity index is 2.11. The summed E-state index contributed by atoms with van der Waals surface area (Å²) in [7, 11) is 0. The quantitative estimate of drug-likeness (QED) is 0.658. The van der Waals surface area contributed by atoms with Gasteiger partial charge in [0.25, 0.3) is 0 Å². The minimum Gasteiger partial charge on any atom is -0.396 e. The molecule has 0 saturated carbocycles. The van der Waals surface area contributed by atoms with E-state index in [1.807, 2.05) is 12.4 Å². The number of aliphatic hydroxyl groups is 1. The van der Waals surface area contributed by atoms with Crippen molar-refractivity contribution in [3.05, 3.63) is 18.2 Å². The molecular weight excluding hydrogens is 202 g/mol. The summed E-state index contributed by atoms with van der Waals surface area (Å²) in [4.78, 5) is 4.30. The summed E-state index contributed by atoms with van der Waals surface area (Å²) in [5, 5.41) is 12.3. The lowest BCUT2D eigenvalue weighted by molar-refractivity contribution is 0.228. The summed E-state index contributed by atoms with van der Waals surface area (Å²) in [5.41, 5.74) is 0. The van der Waals surface area contributed by atoms with Gasteiger partial charge >= 0.3 is 0 Å². The van der Waals surface area contributed by atoms with Gasteiger partial charge in [0.05, 0.1) is 6.54 Å². The number of aryl methyl sites for hydroxylation is 1. The van der Waals surface area contributed by atoms with Gasteiger partial charge < -0.3 is 15.0 Å². The van der Waals surface area contributed by atoms with Crippen molar-refractivity contribution >= 4 is 0 Å². The van der Waals surface area contributed by atoms with Crippen LogP contribution < -0.4 is 5.32 Å². The summed E-state index contributed by atoms with van der Waals surface area (Å²) in [6, 6.07) is 0. The fourth-order valence-corrected chi connectivity index (χ4v) is 1.66. The molecule has 0 aliphatic heterocycles. The summed E-state index contributed by atoms with van der Waals surface area (Å²) in [5.74, 6) is 1.51. The van der Waals surface area contributed by atoms with E-state index in [0.29, 0.717) is 12.5 Å². The highest BCUT2D eigenvalue weighted by molar-refractivity contribution is 4.91. The average Bonchev–Trinajstić information content (AvgIpc) is 2.75. The molecule has 1 atom stereocenters. The van der Waals surface area contributed by atoms with E-state index in [4.69, 9.17) is 5.11 Å². The van der Waals surface area contributed by atoms with Crippen LogP contribution in [0.5, 0.6) is 0 Å². The van der Waals surface area contributed by atoms with E-state index in [1.165, 1.54) is 0 Å². The SMILES string of the molecule is CCn1ccnc1CNCCCC(C)CO. The maximum absolute atomic E-state index is 8.88. The van der Waals surface area contributed by atoms with Crippen LogP contribution in [0.4, 0.5) is 0 Å². The van der Waals surface area contributed by atoms with Crippen LogP contribution in [0.1, 0.15) is 32.5 Å². The zero-order chi connectivity index (χ0) is 11.8. The molecule has 1 rings (SSSR count). The molecule has 92 valence electrons. The lowest BCUT2D eigenvalue weighted by atomic mass is 10.1. The molecule has 0 spiro atoms. The van der Waals surface area contributed by atoms with Crippen LogP contribution in [0.2, 0.25) is 0 Å². The van der Waals surface area contributed by atoms with Crippen molar-refractivity contribution in [1.82, 2.24) is 14.9 Å². The van der Waals surface area contributed by atoms with Gasteiger partial charge in [-0.25, -0.2) is 4.98 Å². The first kappa shape index (κ1) is 13.2. The van der Waals surface area contributed by atoms with Crippen LogP contribution in [0, 0.1) is 5.92 Å². The molecule has 0 amide bonds. The van der Waals surface area contributed by atoms with Crippen molar-refractivity contribution < 1.29 is 5.11 Å². The first-order valence-corrected chi connectivity index (χ1v) is 6.09. The lowest BCUT2D eigenvalue weighted by Crippen LogP contribution is -2.18. The number of nitrogens with zero attached hydrogens (tertiary/aromatic N) is 2. The van der Waals surface area contributed by atoms with E-state index in [1.54, 1.807) is 0 Å². The first-order chi connectivity index (χ1) is 7.77. The Labute approximate surface area is 97.7 Å². The van der Waals surface area contributed by atoms with Crippen molar-refractivity contribution in [1.29, 1.82) is 0 Å². The molecule has 0 aromatic carbocycles. The smallest absolute Gasteiger partial charge is 0.122 e. The summed E-state index contributed by atoms with van der Waals surface area (Å²) < 4.78 is 2.14. The molecule has 1 aromatic rings. The second-order valence-corrected chi connectivity index (χ2v) is 4.24. The van der Waals surface area contributed by atoms with Gasteiger partial charge in [-0.15, -0.1) is 0 Å². The number of hydrogen-bond donors (Lipinski definition) is 2. The lowest BCUT2D eigenvalue weighted by Gasteiger charge is -2.09. The molecule has 1 unspecified atom stereocenters. The topological polar surface area (TPSA) is 50.1 Å². The number of imidazole rings is 1. The van der Waals surface area contributed by atoms with E-state index in [2.05, 4.69) is 28.7 Å². The fourth-order valence-electron chi connectivity index (χ4n) is 1.66. The highest BCUT2D eigenvalue weighted by atomic mass is 16.3. The molecule has 1 aromatic heterocycles. The summed E-state index contributed by atoms with van der Waals surface area (Å²) >= 11 is 0. The average molecular weight is 225 g/mol. The Morgan fingerprint density at radius 1 is 1.56 bits per heavy atom. The zero-order valence-electron chi connectivity index (χ0n) is 10.3. The Kier molecular flexibility index (Phi) is 6.11. The van der Waals surface area contributed by atoms with Gasteiger partial charge in [-0.2, -0.15) is 0 Å². The Morgan fingerprint density at radius 3 is 3.06 bits per heavy atom. The highest BCUT2D eigenvalue weighted by Gasteiger charge is 2.01. The second kappa shape index (κ2) is 7.41. The molecule has 0 aliphatic carbocycles. The zero-order valence-corrected chi connectivity index (χ0v) is 10.3. The maximum Gasteiger partial charge on any atom is 0.122 e. The van der Waals surface area contributed by atoms with Crippen molar-refractivity contribution in [3.63, 3.8) is 0 Å². The second-order valence-electron chi connectivity index (χ2n) is 4.24. The van der Waals surface area contributed by atoms with Crippen molar-refractivity contribution in [2.75, 3.05) is 13.2 Å². The van der Waals surface area contributed by atoms with E-state index in [-0.39, 0.29) is 0 Å². The number of rotatable bonds is 8. The molecule has 1 heterocycles. The maximum atomic E-state index is 8.88. The largest absolute Gasteiger partial charge is 0.396 e. The molecular formula is C12H23N3O. The molecule has 0 radical (unpaired) electrons. The van der Waals surface area contributed by atoms with Crippen molar-refractivity contribution in [2.24, 2.45) is 5.92 Å². The molecule has 0 fully saturated rings. The van der Waals surface area contributed by atoms with Crippen molar-refractivity contribution in [2.45, 2.75) is 39.8 Å². The highest BCUT2D eigenvalue weighted by Crippen LogP contribution is 2.03. The van der Waals surface area contributed by atoms with E-state index >= 15 is 0 Å². The third-order valence-corrected chi connectivity index (χ3v) is 2.79. The predicted molar refractivity (Wildman–Crippen MR) is 65.1 cm³/mol. The molecule has 0 aliphatic rings. The molecule has 4 heteroatoms. The van der Waals surface area contributed by atoms with Gasteiger partial charge in [0.15, 0.2) is 0 Å². The fraction of sp³-hybridized carbons (Fsp3) is 0.750. The Bertz CT molecular complexity index is 286. The van der Waals surface area contributed by atoms with Crippen LogP contribution in [0.3, 0.4) is 0 Å². The minimum atomic E-state index is 0.292. The van der Waals surface area contributed by atoms with Gasteiger partial charge in [-0.3, -0.25) is 0 Å². The molecule has 2 N–H and O–H groups in total. The normalized spacial score (nSPS) is 12.9. The van der Waals surface area contributed by atoms with Crippen molar-refractivity contribution in [3.8, 4) is 0 Å². The number of aromatic nitrogens is 2. The first-order valence-electron chi connectivity index (χ1n) is 6.09. The number of aliphatic hydroxyl groups excluding tert-OH is 1.